The summed E-state index contributed by atoms with van der Waals surface area (Å²) in [7, 11) is 1.71. The first-order valence-electron chi connectivity index (χ1n) is 5.56. The monoisotopic (exact) mass is 205 g/mol. The summed E-state index contributed by atoms with van der Waals surface area (Å²) in [5.41, 5.74) is 1.84. The molecule has 1 aromatic carbocycles. The molecule has 1 atom stereocenters. The molecule has 0 aromatic heterocycles. The van der Waals surface area contributed by atoms with Crippen molar-refractivity contribution in [1.29, 1.82) is 0 Å². The van der Waals surface area contributed by atoms with Gasteiger partial charge in [-0.1, -0.05) is 19.1 Å². The van der Waals surface area contributed by atoms with Crippen molar-refractivity contribution in [2.75, 3.05) is 20.2 Å². The van der Waals surface area contributed by atoms with Crippen molar-refractivity contribution in [2.24, 2.45) is 5.41 Å². The maximum atomic E-state index is 5.15. The number of benzene rings is 1. The smallest absolute Gasteiger partial charge is 0.118 e. The minimum Gasteiger partial charge on any atom is -0.497 e. The first kappa shape index (κ1) is 10.5. The van der Waals surface area contributed by atoms with Gasteiger partial charge in [0.25, 0.3) is 0 Å². The van der Waals surface area contributed by atoms with E-state index >= 15 is 0 Å². The lowest BCUT2D eigenvalue weighted by atomic mass is 9.83. The highest BCUT2D eigenvalue weighted by Gasteiger charge is 2.28. The molecule has 1 heterocycles. The summed E-state index contributed by atoms with van der Waals surface area (Å²) in [6, 6.07) is 8.42. The number of hydrogen-bond acceptors (Lipinski definition) is 2. The Hall–Kier alpha value is -1.02. The van der Waals surface area contributed by atoms with E-state index in [0.717, 1.165) is 25.3 Å². The van der Waals surface area contributed by atoms with Gasteiger partial charge in [0.1, 0.15) is 5.75 Å². The molecule has 0 radical (unpaired) electrons. The van der Waals surface area contributed by atoms with Crippen molar-refractivity contribution in [3.8, 4) is 5.75 Å². The molecule has 0 bridgehead atoms. The number of hydrogen-bond donors (Lipinski definition) is 1. The van der Waals surface area contributed by atoms with Crippen molar-refractivity contribution in [1.82, 2.24) is 5.32 Å². The molecule has 0 spiro atoms. The lowest BCUT2D eigenvalue weighted by Crippen LogP contribution is -2.22. The van der Waals surface area contributed by atoms with Gasteiger partial charge >= 0.3 is 0 Å². The molecule has 1 saturated heterocycles. The second-order valence-corrected chi connectivity index (χ2v) is 4.76. The molecule has 2 heteroatoms. The molecule has 1 fully saturated rings. The molecule has 1 unspecified atom stereocenters. The third-order valence-corrected chi connectivity index (χ3v) is 3.25. The second kappa shape index (κ2) is 4.23. The van der Waals surface area contributed by atoms with Gasteiger partial charge in [-0.2, -0.15) is 0 Å². The Bertz CT molecular complexity index is 312. The van der Waals surface area contributed by atoms with E-state index < -0.39 is 0 Å². The van der Waals surface area contributed by atoms with Crippen LogP contribution in [-0.2, 0) is 6.42 Å². The Balaban J connectivity index is 2.04. The maximum absolute atomic E-state index is 5.15. The van der Waals surface area contributed by atoms with Crippen LogP contribution in [-0.4, -0.2) is 20.2 Å². The summed E-state index contributed by atoms with van der Waals surface area (Å²) >= 11 is 0. The van der Waals surface area contributed by atoms with Gasteiger partial charge < -0.3 is 10.1 Å². The topological polar surface area (TPSA) is 21.3 Å². The van der Waals surface area contributed by atoms with Gasteiger partial charge in [-0.25, -0.2) is 0 Å². The predicted molar refractivity (Wildman–Crippen MR) is 62.3 cm³/mol. The van der Waals surface area contributed by atoms with Crippen molar-refractivity contribution >= 4 is 0 Å². The predicted octanol–water partition coefficient (Wildman–Crippen LogP) is 2.24. The minimum absolute atomic E-state index is 0.439. The Kier molecular flexibility index (Phi) is 2.96. The van der Waals surface area contributed by atoms with E-state index in [1.165, 1.54) is 12.0 Å². The van der Waals surface area contributed by atoms with E-state index in [0.29, 0.717) is 5.41 Å². The van der Waals surface area contributed by atoms with E-state index in [4.69, 9.17) is 4.74 Å². The Labute approximate surface area is 91.6 Å². The van der Waals surface area contributed by atoms with Crippen molar-refractivity contribution in [3.05, 3.63) is 29.8 Å². The molecule has 1 aromatic rings. The zero-order valence-corrected chi connectivity index (χ0v) is 9.55. The fourth-order valence-corrected chi connectivity index (χ4v) is 2.26. The van der Waals surface area contributed by atoms with E-state index in [2.05, 4.69) is 24.4 Å². The van der Waals surface area contributed by atoms with Crippen LogP contribution in [0.3, 0.4) is 0 Å². The summed E-state index contributed by atoms with van der Waals surface area (Å²) in [4.78, 5) is 0. The molecule has 15 heavy (non-hydrogen) atoms. The van der Waals surface area contributed by atoms with Crippen LogP contribution in [0.15, 0.2) is 24.3 Å². The maximum Gasteiger partial charge on any atom is 0.118 e. The highest BCUT2D eigenvalue weighted by molar-refractivity contribution is 5.28. The van der Waals surface area contributed by atoms with Crippen LogP contribution in [0.5, 0.6) is 5.75 Å². The quantitative estimate of drug-likeness (QED) is 0.817. The number of nitrogens with one attached hydrogen (secondary N) is 1. The van der Waals surface area contributed by atoms with Crippen LogP contribution < -0.4 is 10.1 Å². The molecule has 0 saturated carbocycles. The molecule has 1 aliphatic rings. The second-order valence-electron chi connectivity index (χ2n) is 4.76. The first-order valence-corrected chi connectivity index (χ1v) is 5.56. The van der Waals surface area contributed by atoms with Crippen LogP contribution in [0, 0.1) is 5.41 Å². The van der Waals surface area contributed by atoms with Crippen molar-refractivity contribution in [3.63, 3.8) is 0 Å². The first-order chi connectivity index (χ1) is 7.22. The molecule has 0 amide bonds. The van der Waals surface area contributed by atoms with E-state index in [1.54, 1.807) is 7.11 Å². The van der Waals surface area contributed by atoms with Gasteiger partial charge in [-0.05, 0) is 42.5 Å². The summed E-state index contributed by atoms with van der Waals surface area (Å²) in [6.07, 6.45) is 2.43. The fraction of sp³-hybridized carbons (Fsp3) is 0.538. The van der Waals surface area contributed by atoms with Crippen molar-refractivity contribution in [2.45, 2.75) is 19.8 Å². The van der Waals surface area contributed by atoms with Crippen molar-refractivity contribution < 1.29 is 4.74 Å². The molecular formula is C13H19NO. The summed E-state index contributed by atoms with van der Waals surface area (Å²) < 4.78 is 5.15. The molecule has 0 aliphatic carbocycles. The third kappa shape index (κ3) is 2.51. The highest BCUT2D eigenvalue weighted by atomic mass is 16.5. The lowest BCUT2D eigenvalue weighted by Gasteiger charge is -2.22. The average molecular weight is 205 g/mol. The van der Waals surface area contributed by atoms with Gasteiger partial charge in [0.2, 0.25) is 0 Å². The van der Waals surface area contributed by atoms with E-state index in [-0.39, 0.29) is 0 Å². The number of rotatable bonds is 3. The summed E-state index contributed by atoms with van der Waals surface area (Å²) in [5.74, 6) is 0.938. The van der Waals surface area contributed by atoms with Crippen LogP contribution >= 0.6 is 0 Å². The highest BCUT2D eigenvalue weighted by Crippen LogP contribution is 2.29. The molecular weight excluding hydrogens is 186 g/mol. The SMILES string of the molecule is COc1ccc(CC2(C)CCNC2)cc1. The lowest BCUT2D eigenvalue weighted by molar-refractivity contribution is 0.362. The number of methoxy groups -OCH3 is 1. The summed E-state index contributed by atoms with van der Waals surface area (Å²) in [6.45, 7) is 4.66. The normalized spacial score (nSPS) is 25.5. The van der Waals surface area contributed by atoms with E-state index in [1.807, 2.05) is 12.1 Å². The van der Waals surface area contributed by atoms with E-state index in [9.17, 15) is 0 Å². The fourth-order valence-electron chi connectivity index (χ4n) is 2.26. The Morgan fingerprint density at radius 3 is 2.60 bits per heavy atom. The molecule has 2 nitrogen and oxygen atoms in total. The largest absolute Gasteiger partial charge is 0.497 e. The molecule has 2 rings (SSSR count). The zero-order valence-electron chi connectivity index (χ0n) is 9.55. The average Bonchev–Trinajstić information content (AvgIpc) is 2.66. The summed E-state index contributed by atoms with van der Waals surface area (Å²) in [5, 5.41) is 3.43. The van der Waals surface area contributed by atoms with Crippen LogP contribution in [0.4, 0.5) is 0 Å². The van der Waals surface area contributed by atoms with Crippen LogP contribution in [0.25, 0.3) is 0 Å². The van der Waals surface area contributed by atoms with Gasteiger partial charge in [0.05, 0.1) is 7.11 Å². The van der Waals surface area contributed by atoms with Gasteiger partial charge in [0, 0.05) is 6.54 Å². The Morgan fingerprint density at radius 1 is 1.33 bits per heavy atom. The standard InChI is InChI=1S/C13H19NO/c1-13(7-8-14-10-13)9-11-3-5-12(15-2)6-4-11/h3-6,14H,7-10H2,1-2H3. The molecule has 82 valence electrons. The van der Waals surface area contributed by atoms with Crippen LogP contribution in [0.1, 0.15) is 18.9 Å². The third-order valence-electron chi connectivity index (χ3n) is 3.25. The zero-order chi connectivity index (χ0) is 10.7. The molecule has 1 aliphatic heterocycles. The molecule has 1 N–H and O–H groups in total. The Morgan fingerprint density at radius 2 is 2.07 bits per heavy atom. The van der Waals surface area contributed by atoms with Gasteiger partial charge in [-0.3, -0.25) is 0 Å². The number of ether oxygens (including phenoxy) is 1. The van der Waals surface area contributed by atoms with Crippen LogP contribution in [0.2, 0.25) is 0 Å². The minimum atomic E-state index is 0.439. The van der Waals surface area contributed by atoms with Gasteiger partial charge in [-0.15, -0.1) is 0 Å². The van der Waals surface area contributed by atoms with Gasteiger partial charge in [0.15, 0.2) is 0 Å².